The molecule has 0 saturated heterocycles. The zero-order valence-corrected chi connectivity index (χ0v) is 41.9. The highest BCUT2D eigenvalue weighted by atomic mass is 14.7. The standard InChI is InChI=1S/C72H53N/c1-47(39-55(50-25-13-8-14-26-50)40-48(2)49-23-11-7-12-24-49)35-36-53-42-66-69(60-33-21-19-31-58(53)60)62-45-65-63(46-64(62)71(66,3)4)70-61-34-22-20-32-59(61)54(43-67(70)72(65,5)6)37-38-57-41-56(51-27-15-9-16-28-51)44-68(73-57)52-29-17-10-18-30-52/h7-34,39-46H,1H2,2-6H3/b48-40+,55-39+. The van der Waals surface area contributed by atoms with Crippen molar-refractivity contribution >= 4 is 32.7 Å². The highest BCUT2D eigenvalue weighted by Crippen LogP contribution is 2.59. The summed E-state index contributed by atoms with van der Waals surface area (Å²) in [5.74, 6) is 14.3. The van der Waals surface area contributed by atoms with E-state index in [0.717, 1.165) is 66.7 Å². The predicted molar refractivity (Wildman–Crippen MR) is 308 cm³/mol. The van der Waals surface area contributed by atoms with E-state index in [1.54, 1.807) is 0 Å². The van der Waals surface area contributed by atoms with Crippen LogP contribution in [0.5, 0.6) is 0 Å². The van der Waals surface area contributed by atoms with Gasteiger partial charge in [-0.25, -0.2) is 4.98 Å². The maximum atomic E-state index is 5.12. The monoisotopic (exact) mass is 931 g/mol. The first kappa shape index (κ1) is 45.1. The first-order valence-corrected chi connectivity index (χ1v) is 25.2. The molecular formula is C72H53N. The van der Waals surface area contributed by atoms with Gasteiger partial charge in [0.15, 0.2) is 0 Å². The van der Waals surface area contributed by atoms with Gasteiger partial charge in [-0.3, -0.25) is 0 Å². The van der Waals surface area contributed by atoms with Crippen molar-refractivity contribution in [2.75, 3.05) is 0 Å². The number of fused-ring (bicyclic) bond motifs is 10. The minimum atomic E-state index is -0.290. The maximum absolute atomic E-state index is 5.12. The van der Waals surface area contributed by atoms with Crippen LogP contribution in [0.15, 0.2) is 231 Å². The van der Waals surface area contributed by atoms with Gasteiger partial charge in [0.25, 0.3) is 0 Å². The molecule has 0 aliphatic heterocycles. The minimum Gasteiger partial charge on any atom is -0.239 e. The number of benzene rings is 9. The molecule has 0 N–H and O–H groups in total. The molecule has 0 spiro atoms. The van der Waals surface area contributed by atoms with Gasteiger partial charge in [0, 0.05) is 33.1 Å². The molecule has 73 heavy (non-hydrogen) atoms. The predicted octanol–water partition coefficient (Wildman–Crippen LogP) is 17.8. The SMILES string of the molecule is C=C(C#Cc1cc2c(c3ccccc13)-c1cc3c(cc1C2(C)C)-c1c(cc(C#Cc2cc(-c4ccccc4)cc(-c4ccccc4)n2)c2ccccc12)C3(C)C)/C=C(\C=C(/C)c1ccccc1)c1ccccc1. The molecule has 0 bridgehead atoms. The normalized spacial score (nSPS) is 13.8. The van der Waals surface area contributed by atoms with Crippen molar-refractivity contribution in [2.24, 2.45) is 0 Å². The number of nitrogens with zero attached hydrogens (tertiary/aromatic N) is 1. The number of hydrogen-bond acceptors (Lipinski definition) is 1. The first-order chi connectivity index (χ1) is 35.5. The fourth-order valence-corrected chi connectivity index (χ4v) is 11.4. The topological polar surface area (TPSA) is 12.9 Å². The highest BCUT2D eigenvalue weighted by Gasteiger charge is 2.43. The number of allylic oxidation sites excluding steroid dienone is 5. The summed E-state index contributed by atoms with van der Waals surface area (Å²) in [7, 11) is 0. The van der Waals surface area contributed by atoms with Gasteiger partial charge >= 0.3 is 0 Å². The molecule has 1 heterocycles. The molecule has 0 unspecified atom stereocenters. The lowest BCUT2D eigenvalue weighted by molar-refractivity contribution is 0.652. The summed E-state index contributed by atoms with van der Waals surface area (Å²) in [5.41, 5.74) is 22.2. The Morgan fingerprint density at radius 3 is 1.45 bits per heavy atom. The average Bonchev–Trinajstić information content (AvgIpc) is 3.81. The van der Waals surface area contributed by atoms with Gasteiger partial charge in [-0.05, 0) is 155 Å². The van der Waals surface area contributed by atoms with Crippen LogP contribution in [-0.2, 0) is 10.8 Å². The lowest BCUT2D eigenvalue weighted by Gasteiger charge is -2.24. The maximum Gasteiger partial charge on any atom is 0.114 e. The van der Waals surface area contributed by atoms with Crippen molar-refractivity contribution < 1.29 is 0 Å². The number of hydrogen-bond donors (Lipinski definition) is 0. The van der Waals surface area contributed by atoms with Crippen LogP contribution in [0.2, 0.25) is 0 Å². The Hall–Kier alpha value is -9.01. The van der Waals surface area contributed by atoms with Crippen LogP contribution in [0, 0.1) is 23.7 Å². The Balaban J connectivity index is 0.943. The van der Waals surface area contributed by atoms with Crippen LogP contribution in [0.25, 0.3) is 77.3 Å². The van der Waals surface area contributed by atoms with Gasteiger partial charge in [-0.15, -0.1) is 0 Å². The second-order valence-corrected chi connectivity index (χ2v) is 20.5. The molecule has 1 aromatic heterocycles. The summed E-state index contributed by atoms with van der Waals surface area (Å²) < 4.78 is 0. The third-order valence-electron chi connectivity index (χ3n) is 15.2. The van der Waals surface area contributed by atoms with Crippen molar-refractivity contribution in [3.8, 4) is 68.3 Å². The van der Waals surface area contributed by atoms with Crippen LogP contribution in [-0.4, -0.2) is 4.98 Å². The van der Waals surface area contributed by atoms with Gasteiger partial charge in [0.1, 0.15) is 5.69 Å². The van der Waals surface area contributed by atoms with E-state index in [2.05, 4.69) is 277 Å². The zero-order valence-electron chi connectivity index (χ0n) is 41.9. The van der Waals surface area contributed by atoms with E-state index in [9.17, 15) is 0 Å². The Morgan fingerprint density at radius 1 is 0.438 bits per heavy atom. The summed E-state index contributed by atoms with van der Waals surface area (Å²) in [5, 5.41) is 4.74. The van der Waals surface area contributed by atoms with Gasteiger partial charge < -0.3 is 0 Å². The number of pyridine rings is 1. The molecule has 0 amide bonds. The fraction of sp³-hybridized carbons (Fsp3) is 0.0972. The summed E-state index contributed by atoms with van der Waals surface area (Å²) in [6.45, 7) is 16.2. The quantitative estimate of drug-likeness (QED) is 0.120. The van der Waals surface area contributed by atoms with Crippen LogP contribution in [0.1, 0.15) is 84.8 Å². The van der Waals surface area contributed by atoms with Gasteiger partial charge in [-0.1, -0.05) is 228 Å². The van der Waals surface area contributed by atoms with E-state index in [-0.39, 0.29) is 10.8 Å². The van der Waals surface area contributed by atoms with Crippen LogP contribution in [0.4, 0.5) is 0 Å². The molecular weight excluding hydrogens is 879 g/mol. The lowest BCUT2D eigenvalue weighted by atomic mass is 9.79. The molecule has 0 fully saturated rings. The number of aromatic nitrogens is 1. The molecule has 0 radical (unpaired) electrons. The van der Waals surface area contributed by atoms with Crippen molar-refractivity contribution in [1.82, 2.24) is 4.98 Å². The molecule has 9 aromatic carbocycles. The average molecular weight is 932 g/mol. The van der Waals surface area contributed by atoms with E-state index < -0.39 is 0 Å². The van der Waals surface area contributed by atoms with Crippen LogP contribution >= 0.6 is 0 Å². The molecule has 346 valence electrons. The Labute approximate surface area is 430 Å². The summed E-state index contributed by atoms with van der Waals surface area (Å²) in [4.78, 5) is 5.12. The molecule has 2 aliphatic carbocycles. The number of rotatable bonds is 6. The van der Waals surface area contributed by atoms with Crippen LogP contribution in [0.3, 0.4) is 0 Å². The summed E-state index contributed by atoms with van der Waals surface area (Å²) in [6, 6.07) is 73.5. The van der Waals surface area contributed by atoms with Gasteiger partial charge in [0.2, 0.25) is 0 Å². The molecule has 2 aliphatic rings. The van der Waals surface area contributed by atoms with Gasteiger partial charge in [-0.2, -0.15) is 0 Å². The van der Waals surface area contributed by atoms with E-state index in [1.807, 2.05) is 6.07 Å². The molecule has 0 saturated carbocycles. The summed E-state index contributed by atoms with van der Waals surface area (Å²) in [6.07, 6.45) is 4.36. The third-order valence-corrected chi connectivity index (χ3v) is 15.2. The van der Waals surface area contributed by atoms with Crippen molar-refractivity contribution in [2.45, 2.75) is 45.4 Å². The summed E-state index contributed by atoms with van der Waals surface area (Å²) >= 11 is 0. The molecule has 12 rings (SSSR count). The van der Waals surface area contributed by atoms with E-state index in [4.69, 9.17) is 4.98 Å². The Morgan fingerprint density at radius 2 is 0.904 bits per heavy atom. The third kappa shape index (κ3) is 8.01. The lowest BCUT2D eigenvalue weighted by Crippen LogP contribution is -2.17. The fourth-order valence-electron chi connectivity index (χ4n) is 11.4. The second kappa shape index (κ2) is 18.0. The van der Waals surface area contributed by atoms with Gasteiger partial charge in [0.05, 0.1) is 5.69 Å². The van der Waals surface area contributed by atoms with Crippen LogP contribution < -0.4 is 0 Å². The molecule has 1 nitrogen and oxygen atoms in total. The first-order valence-electron chi connectivity index (χ1n) is 25.2. The second-order valence-electron chi connectivity index (χ2n) is 20.5. The van der Waals surface area contributed by atoms with E-state index in [0.29, 0.717) is 0 Å². The van der Waals surface area contributed by atoms with Crippen molar-refractivity contribution in [1.29, 1.82) is 0 Å². The Bertz CT molecular complexity index is 4010. The van der Waals surface area contributed by atoms with E-state index >= 15 is 0 Å². The van der Waals surface area contributed by atoms with Crippen molar-refractivity contribution in [3.05, 3.63) is 281 Å². The Kier molecular flexibility index (Phi) is 11.1. The van der Waals surface area contributed by atoms with Crippen molar-refractivity contribution in [3.63, 3.8) is 0 Å². The largest absolute Gasteiger partial charge is 0.239 e. The molecule has 1 heteroatoms. The molecule has 10 aromatic rings. The van der Waals surface area contributed by atoms with E-state index in [1.165, 1.54) is 66.4 Å². The smallest absolute Gasteiger partial charge is 0.114 e. The minimum absolute atomic E-state index is 0.286. The molecule has 0 atom stereocenters. The highest BCUT2D eigenvalue weighted by molar-refractivity contribution is 6.09. The zero-order chi connectivity index (χ0) is 49.8.